The molecular weight excluding hydrogens is 336 g/mol. The van der Waals surface area contributed by atoms with Gasteiger partial charge in [0.2, 0.25) is 0 Å². The highest BCUT2D eigenvalue weighted by Gasteiger charge is 2.28. The molecule has 1 saturated carbocycles. The molecule has 2 unspecified atom stereocenters. The average molecular weight is 360 g/mol. The minimum absolute atomic E-state index is 0.615. The fraction of sp³-hybridized carbons (Fsp3) is 0.625. The lowest BCUT2D eigenvalue weighted by molar-refractivity contribution is 0.105. The van der Waals surface area contributed by atoms with E-state index in [2.05, 4.69) is 33.8 Å². The molecule has 0 aliphatic heterocycles. The molecule has 2 N–H and O–H groups in total. The van der Waals surface area contributed by atoms with E-state index in [-0.39, 0.29) is 0 Å². The van der Waals surface area contributed by atoms with E-state index in [1.54, 1.807) is 0 Å². The van der Waals surface area contributed by atoms with Gasteiger partial charge in [-0.25, -0.2) is 0 Å². The smallest absolute Gasteiger partial charge is 0.0410 e. The van der Waals surface area contributed by atoms with Crippen LogP contribution >= 0.6 is 27.5 Å². The molecule has 1 fully saturated rings. The summed E-state index contributed by atoms with van der Waals surface area (Å²) in [5.74, 6) is 0.640. The summed E-state index contributed by atoms with van der Waals surface area (Å²) >= 11 is 9.76. The van der Waals surface area contributed by atoms with Crippen molar-refractivity contribution < 1.29 is 0 Å². The van der Waals surface area contributed by atoms with Crippen LogP contribution in [0.15, 0.2) is 22.7 Å². The quantitative estimate of drug-likeness (QED) is 0.842. The third-order valence-corrected chi connectivity index (χ3v) is 5.44. The lowest BCUT2D eigenvalue weighted by Crippen LogP contribution is -2.44. The first-order chi connectivity index (χ1) is 9.65. The van der Waals surface area contributed by atoms with Crippen molar-refractivity contribution in [2.24, 2.45) is 11.7 Å². The second kappa shape index (κ2) is 7.79. The van der Waals surface area contributed by atoms with E-state index in [0.717, 1.165) is 29.1 Å². The van der Waals surface area contributed by atoms with Gasteiger partial charge in [-0.15, -0.1) is 0 Å². The summed E-state index contributed by atoms with van der Waals surface area (Å²) in [5.41, 5.74) is 7.24. The number of hydrogen-bond acceptors (Lipinski definition) is 2. The topological polar surface area (TPSA) is 29.3 Å². The van der Waals surface area contributed by atoms with Gasteiger partial charge in [-0.05, 0) is 55.6 Å². The zero-order valence-electron chi connectivity index (χ0n) is 12.1. The van der Waals surface area contributed by atoms with Crippen LogP contribution in [0, 0.1) is 5.92 Å². The molecule has 2 atom stereocenters. The fourth-order valence-corrected chi connectivity index (χ4v) is 3.86. The van der Waals surface area contributed by atoms with Crippen molar-refractivity contribution in [3.63, 3.8) is 0 Å². The Morgan fingerprint density at radius 2 is 2.10 bits per heavy atom. The van der Waals surface area contributed by atoms with Gasteiger partial charge in [-0.2, -0.15) is 0 Å². The molecule has 2 rings (SSSR count). The maximum Gasteiger partial charge on any atom is 0.0410 e. The normalized spacial score (nSPS) is 23.2. The van der Waals surface area contributed by atoms with E-state index in [9.17, 15) is 0 Å². The van der Waals surface area contributed by atoms with Gasteiger partial charge in [-0.3, -0.25) is 4.90 Å². The van der Waals surface area contributed by atoms with Crippen molar-refractivity contribution in [2.75, 3.05) is 13.1 Å². The molecule has 1 aromatic rings. The monoisotopic (exact) mass is 358 g/mol. The summed E-state index contributed by atoms with van der Waals surface area (Å²) in [6, 6.07) is 6.64. The van der Waals surface area contributed by atoms with Gasteiger partial charge in [0.15, 0.2) is 0 Å². The van der Waals surface area contributed by atoms with Crippen LogP contribution < -0.4 is 5.73 Å². The first kappa shape index (κ1) is 16.3. The second-order valence-electron chi connectivity index (χ2n) is 5.65. The Hall–Kier alpha value is -0.0900. The van der Waals surface area contributed by atoms with E-state index in [1.165, 1.54) is 31.2 Å². The molecule has 0 radical (unpaired) electrons. The summed E-state index contributed by atoms with van der Waals surface area (Å²) in [4.78, 5) is 2.56. The van der Waals surface area contributed by atoms with Crippen molar-refractivity contribution in [1.82, 2.24) is 4.90 Å². The molecule has 0 aromatic heterocycles. The fourth-order valence-electron chi connectivity index (χ4n) is 3.29. The SMILES string of the molecule is CCN(Cc1cc(Cl)ccc1Br)C1CCCCC1CN. The highest BCUT2D eigenvalue weighted by atomic mass is 79.9. The Morgan fingerprint density at radius 1 is 1.35 bits per heavy atom. The molecule has 2 nitrogen and oxygen atoms in total. The number of nitrogens with zero attached hydrogens (tertiary/aromatic N) is 1. The predicted molar refractivity (Wildman–Crippen MR) is 90.0 cm³/mol. The van der Waals surface area contributed by atoms with Crippen LogP contribution in [-0.4, -0.2) is 24.0 Å². The van der Waals surface area contributed by atoms with Gasteiger partial charge < -0.3 is 5.73 Å². The summed E-state index contributed by atoms with van der Waals surface area (Å²) in [6.07, 6.45) is 5.20. The van der Waals surface area contributed by atoms with E-state index >= 15 is 0 Å². The van der Waals surface area contributed by atoms with Gasteiger partial charge in [0.1, 0.15) is 0 Å². The third kappa shape index (κ3) is 3.97. The van der Waals surface area contributed by atoms with E-state index in [0.29, 0.717) is 12.0 Å². The third-order valence-electron chi connectivity index (χ3n) is 4.43. The van der Waals surface area contributed by atoms with Crippen molar-refractivity contribution in [3.05, 3.63) is 33.3 Å². The molecule has 0 saturated heterocycles. The molecule has 1 aromatic carbocycles. The molecule has 0 bridgehead atoms. The van der Waals surface area contributed by atoms with Gasteiger partial charge >= 0.3 is 0 Å². The number of rotatable bonds is 5. The molecule has 1 aliphatic rings. The zero-order chi connectivity index (χ0) is 14.5. The van der Waals surface area contributed by atoms with Crippen molar-refractivity contribution >= 4 is 27.5 Å². The Balaban J connectivity index is 2.13. The Bertz CT molecular complexity index is 438. The van der Waals surface area contributed by atoms with Crippen molar-refractivity contribution in [3.8, 4) is 0 Å². The van der Waals surface area contributed by atoms with Crippen LogP contribution in [0.2, 0.25) is 5.02 Å². The molecule has 112 valence electrons. The van der Waals surface area contributed by atoms with Crippen molar-refractivity contribution in [1.29, 1.82) is 0 Å². The molecule has 1 aliphatic carbocycles. The lowest BCUT2D eigenvalue weighted by Gasteiger charge is -2.39. The van der Waals surface area contributed by atoms with Crippen LogP contribution in [0.3, 0.4) is 0 Å². The maximum atomic E-state index is 6.13. The minimum Gasteiger partial charge on any atom is -0.330 e. The molecule has 4 heteroatoms. The standard InChI is InChI=1S/C16H24BrClN2/c1-2-20(16-6-4-3-5-12(16)10-19)11-13-9-14(18)7-8-15(13)17/h7-9,12,16H,2-6,10-11,19H2,1H3. The maximum absolute atomic E-state index is 6.13. The highest BCUT2D eigenvalue weighted by Crippen LogP contribution is 2.30. The van der Waals surface area contributed by atoms with Crippen LogP contribution in [0.25, 0.3) is 0 Å². The van der Waals surface area contributed by atoms with Crippen LogP contribution in [0.4, 0.5) is 0 Å². The Morgan fingerprint density at radius 3 is 2.80 bits per heavy atom. The summed E-state index contributed by atoms with van der Waals surface area (Å²) < 4.78 is 1.14. The van der Waals surface area contributed by atoms with Gasteiger partial charge in [-0.1, -0.05) is 47.3 Å². The molecule has 0 spiro atoms. The van der Waals surface area contributed by atoms with Crippen LogP contribution in [0.1, 0.15) is 38.2 Å². The van der Waals surface area contributed by atoms with E-state index in [1.807, 2.05) is 12.1 Å². The highest BCUT2D eigenvalue weighted by molar-refractivity contribution is 9.10. The number of hydrogen-bond donors (Lipinski definition) is 1. The zero-order valence-corrected chi connectivity index (χ0v) is 14.5. The minimum atomic E-state index is 0.615. The molecule has 20 heavy (non-hydrogen) atoms. The predicted octanol–water partition coefficient (Wildman–Crippen LogP) is 4.44. The Labute approximate surface area is 135 Å². The summed E-state index contributed by atoms with van der Waals surface area (Å²) in [7, 11) is 0. The van der Waals surface area contributed by atoms with Gasteiger partial charge in [0, 0.05) is 22.1 Å². The van der Waals surface area contributed by atoms with E-state index < -0.39 is 0 Å². The number of benzene rings is 1. The first-order valence-corrected chi connectivity index (χ1v) is 8.70. The van der Waals surface area contributed by atoms with Crippen molar-refractivity contribution in [2.45, 2.75) is 45.2 Å². The van der Waals surface area contributed by atoms with Crippen LogP contribution in [0.5, 0.6) is 0 Å². The largest absolute Gasteiger partial charge is 0.330 e. The van der Waals surface area contributed by atoms with Gasteiger partial charge in [0.05, 0.1) is 0 Å². The summed E-state index contributed by atoms with van der Waals surface area (Å²) in [6.45, 7) is 5.04. The average Bonchev–Trinajstić information content (AvgIpc) is 2.48. The lowest BCUT2D eigenvalue weighted by atomic mass is 9.83. The van der Waals surface area contributed by atoms with Gasteiger partial charge in [0.25, 0.3) is 0 Å². The summed E-state index contributed by atoms with van der Waals surface area (Å²) in [5, 5.41) is 0.804. The number of halogens is 2. The first-order valence-electron chi connectivity index (χ1n) is 7.53. The molecule has 0 amide bonds. The molecular formula is C16H24BrClN2. The second-order valence-corrected chi connectivity index (χ2v) is 6.94. The van der Waals surface area contributed by atoms with E-state index in [4.69, 9.17) is 17.3 Å². The van der Waals surface area contributed by atoms with Crippen LogP contribution in [-0.2, 0) is 6.54 Å². The number of nitrogens with two attached hydrogens (primary N) is 1. The molecule has 0 heterocycles. The Kier molecular flexibility index (Phi) is 6.34.